The number of rotatable bonds is 5. The molecule has 1 heterocycles. The number of hydrogen-bond donors (Lipinski definition) is 3. The van der Waals surface area contributed by atoms with E-state index in [2.05, 4.69) is 15.3 Å². The molecule has 0 radical (unpaired) electrons. The quantitative estimate of drug-likeness (QED) is 0.728. The van der Waals surface area contributed by atoms with E-state index >= 15 is 0 Å². The third-order valence-electron chi connectivity index (χ3n) is 3.99. The molecule has 8 heteroatoms. The predicted octanol–water partition coefficient (Wildman–Crippen LogP) is 3.42. The number of nitrogens with one attached hydrogen (secondary N) is 1. The van der Waals surface area contributed by atoms with Gasteiger partial charge in [-0.05, 0) is 37.0 Å². The van der Waals surface area contributed by atoms with E-state index in [1.165, 1.54) is 5.56 Å². The van der Waals surface area contributed by atoms with Crippen molar-refractivity contribution >= 4 is 48.2 Å². The predicted molar refractivity (Wildman–Crippen MR) is 105 cm³/mol. The molecule has 0 spiro atoms. The maximum atomic E-state index is 5.88. The smallest absolute Gasteiger partial charge is 0.222 e. The second-order valence-corrected chi connectivity index (χ2v) is 6.20. The van der Waals surface area contributed by atoms with Crippen molar-refractivity contribution in [3.05, 3.63) is 46.6 Å². The van der Waals surface area contributed by atoms with Gasteiger partial charge in [0.15, 0.2) is 0 Å². The molecule has 1 saturated carbocycles. The molecule has 5 nitrogen and oxygen atoms in total. The Morgan fingerprint density at radius 2 is 1.79 bits per heavy atom. The van der Waals surface area contributed by atoms with Crippen LogP contribution in [0.5, 0.6) is 0 Å². The van der Waals surface area contributed by atoms with Crippen LogP contribution in [0, 0.1) is 0 Å². The van der Waals surface area contributed by atoms with E-state index < -0.39 is 0 Å². The molecule has 0 atom stereocenters. The Morgan fingerprint density at radius 3 is 2.42 bits per heavy atom. The number of nitrogen functional groups attached to an aromatic ring is 1. The molecule has 5 N–H and O–H groups in total. The van der Waals surface area contributed by atoms with Crippen LogP contribution in [0.4, 0.5) is 11.8 Å². The fourth-order valence-corrected chi connectivity index (χ4v) is 2.80. The highest BCUT2D eigenvalue weighted by atomic mass is 35.5. The molecule has 3 rings (SSSR count). The summed E-state index contributed by atoms with van der Waals surface area (Å²) in [5.74, 6) is 1.50. The van der Waals surface area contributed by atoms with Crippen LogP contribution in [0.25, 0.3) is 0 Å². The van der Waals surface area contributed by atoms with E-state index in [9.17, 15) is 0 Å². The molecule has 132 valence electrons. The lowest BCUT2D eigenvalue weighted by molar-refractivity contribution is 0.345. The number of nitrogens with zero attached hydrogens (tertiary/aromatic N) is 2. The summed E-state index contributed by atoms with van der Waals surface area (Å²) >= 11 is 5.88. The largest absolute Gasteiger partial charge is 0.370 e. The van der Waals surface area contributed by atoms with Crippen LogP contribution in [-0.4, -0.2) is 22.6 Å². The second-order valence-electron chi connectivity index (χ2n) is 5.77. The van der Waals surface area contributed by atoms with Crippen LogP contribution < -0.4 is 16.8 Å². The third kappa shape index (κ3) is 5.38. The fraction of sp³-hybridized carbons (Fsp3) is 0.375. The highest BCUT2D eigenvalue weighted by Gasteiger charge is 2.29. The Morgan fingerprint density at radius 1 is 1.12 bits per heavy atom. The first-order valence-corrected chi connectivity index (χ1v) is 7.86. The van der Waals surface area contributed by atoms with Gasteiger partial charge in [-0.1, -0.05) is 23.7 Å². The minimum atomic E-state index is 0. The topological polar surface area (TPSA) is 89.8 Å². The maximum absolute atomic E-state index is 5.88. The Balaban J connectivity index is 0.00000144. The summed E-state index contributed by atoms with van der Waals surface area (Å²) in [4.78, 5) is 8.56. The monoisotopic (exact) mass is 389 g/mol. The average molecular weight is 391 g/mol. The van der Waals surface area contributed by atoms with Crippen molar-refractivity contribution in [2.75, 3.05) is 17.6 Å². The molecule has 0 amide bonds. The van der Waals surface area contributed by atoms with Gasteiger partial charge in [-0.3, -0.25) is 0 Å². The van der Waals surface area contributed by atoms with Crippen LogP contribution in [0.1, 0.15) is 30.0 Å². The average Bonchev–Trinajstić information content (AvgIpc) is 2.45. The standard InChI is InChI=1S/C16H20ClN5.2ClH/c17-12-3-1-10(2-4-12)5-6-20-15-9-14(21-16(19)22-15)11-7-13(18)8-11;;/h1-4,9,11,13H,5-8,18H2,(H3,19,20,21,22);2*1H. The van der Waals surface area contributed by atoms with E-state index in [1.807, 2.05) is 30.3 Å². The molecule has 24 heavy (non-hydrogen) atoms. The van der Waals surface area contributed by atoms with Gasteiger partial charge in [-0.2, -0.15) is 4.98 Å². The molecule has 0 saturated heterocycles. The van der Waals surface area contributed by atoms with E-state index in [4.69, 9.17) is 23.1 Å². The van der Waals surface area contributed by atoms with Crippen molar-refractivity contribution in [2.45, 2.75) is 31.2 Å². The molecule has 2 aromatic rings. The molecule has 1 aliphatic carbocycles. The minimum absolute atomic E-state index is 0. The molecule has 0 bridgehead atoms. The van der Waals surface area contributed by atoms with Crippen molar-refractivity contribution in [1.82, 2.24) is 9.97 Å². The third-order valence-corrected chi connectivity index (χ3v) is 4.24. The van der Waals surface area contributed by atoms with Crippen molar-refractivity contribution in [2.24, 2.45) is 5.73 Å². The first-order valence-electron chi connectivity index (χ1n) is 7.48. The van der Waals surface area contributed by atoms with Gasteiger partial charge >= 0.3 is 0 Å². The Labute approximate surface area is 159 Å². The van der Waals surface area contributed by atoms with E-state index in [0.29, 0.717) is 17.9 Å². The summed E-state index contributed by atoms with van der Waals surface area (Å²) in [5.41, 5.74) is 13.9. The second kappa shape index (κ2) is 9.28. The SMILES string of the molecule is Cl.Cl.Nc1nc(NCCc2ccc(Cl)cc2)cc(C2CC(N)C2)n1. The normalized spacial score (nSPS) is 18.8. The van der Waals surface area contributed by atoms with Crippen LogP contribution >= 0.6 is 36.4 Å². The number of benzene rings is 1. The highest BCUT2D eigenvalue weighted by molar-refractivity contribution is 6.30. The van der Waals surface area contributed by atoms with Gasteiger partial charge in [0.05, 0.1) is 5.69 Å². The van der Waals surface area contributed by atoms with Gasteiger partial charge in [0, 0.05) is 29.6 Å². The maximum Gasteiger partial charge on any atom is 0.222 e. The molecule has 1 aliphatic rings. The fourth-order valence-electron chi connectivity index (χ4n) is 2.67. The summed E-state index contributed by atoms with van der Waals surface area (Å²) in [6, 6.07) is 10.1. The van der Waals surface area contributed by atoms with Gasteiger partial charge in [-0.25, -0.2) is 4.98 Å². The summed E-state index contributed by atoms with van der Waals surface area (Å²) in [6.07, 6.45) is 2.84. The van der Waals surface area contributed by atoms with Gasteiger partial charge < -0.3 is 16.8 Å². The lowest BCUT2D eigenvalue weighted by Gasteiger charge is -2.32. The molecule has 1 aromatic heterocycles. The van der Waals surface area contributed by atoms with E-state index in [0.717, 1.165) is 42.3 Å². The first-order chi connectivity index (χ1) is 10.6. The van der Waals surface area contributed by atoms with Crippen LogP contribution in [0.15, 0.2) is 30.3 Å². The molecule has 0 aliphatic heterocycles. The van der Waals surface area contributed by atoms with E-state index in [-0.39, 0.29) is 24.8 Å². The van der Waals surface area contributed by atoms with Crippen molar-refractivity contribution < 1.29 is 0 Å². The lowest BCUT2D eigenvalue weighted by Crippen LogP contribution is -2.35. The van der Waals surface area contributed by atoms with Crippen LogP contribution in [-0.2, 0) is 6.42 Å². The first kappa shape index (κ1) is 20.8. The number of anilines is 2. The minimum Gasteiger partial charge on any atom is -0.370 e. The molecular formula is C16H22Cl3N5. The van der Waals surface area contributed by atoms with E-state index in [1.54, 1.807) is 0 Å². The Kier molecular flexibility index (Phi) is 8.03. The van der Waals surface area contributed by atoms with Gasteiger partial charge in [0.1, 0.15) is 5.82 Å². The highest BCUT2D eigenvalue weighted by Crippen LogP contribution is 2.35. The lowest BCUT2D eigenvalue weighted by atomic mass is 9.78. The van der Waals surface area contributed by atoms with Crippen LogP contribution in [0.3, 0.4) is 0 Å². The summed E-state index contributed by atoms with van der Waals surface area (Å²) < 4.78 is 0. The number of halogens is 3. The molecular weight excluding hydrogens is 369 g/mol. The van der Waals surface area contributed by atoms with Crippen LogP contribution in [0.2, 0.25) is 5.02 Å². The Bertz CT molecular complexity index is 645. The van der Waals surface area contributed by atoms with Crippen molar-refractivity contribution in [3.8, 4) is 0 Å². The van der Waals surface area contributed by atoms with Gasteiger partial charge in [0.25, 0.3) is 0 Å². The number of aromatic nitrogens is 2. The zero-order valence-electron chi connectivity index (χ0n) is 13.1. The zero-order valence-corrected chi connectivity index (χ0v) is 15.5. The Hall–Kier alpha value is -1.27. The van der Waals surface area contributed by atoms with Gasteiger partial charge in [-0.15, -0.1) is 24.8 Å². The van der Waals surface area contributed by atoms with Crippen molar-refractivity contribution in [3.63, 3.8) is 0 Å². The summed E-state index contributed by atoms with van der Waals surface area (Å²) in [6.45, 7) is 0.779. The zero-order chi connectivity index (χ0) is 15.5. The summed E-state index contributed by atoms with van der Waals surface area (Å²) in [7, 11) is 0. The summed E-state index contributed by atoms with van der Waals surface area (Å²) in [5, 5.41) is 4.06. The number of nitrogens with two attached hydrogens (primary N) is 2. The molecule has 1 aromatic carbocycles. The van der Waals surface area contributed by atoms with Crippen molar-refractivity contribution in [1.29, 1.82) is 0 Å². The molecule has 1 fully saturated rings. The number of hydrogen-bond acceptors (Lipinski definition) is 5. The van der Waals surface area contributed by atoms with Gasteiger partial charge in [0.2, 0.25) is 5.95 Å². The molecule has 0 unspecified atom stereocenters.